The van der Waals surface area contributed by atoms with Crippen LogP contribution in [0.4, 0.5) is 0 Å². The number of hydrogen-bond acceptors (Lipinski definition) is 4. The molecule has 1 unspecified atom stereocenters. The van der Waals surface area contributed by atoms with Crippen LogP contribution in [-0.4, -0.2) is 44.5 Å². The second-order valence-electron chi connectivity index (χ2n) is 6.82. The summed E-state index contributed by atoms with van der Waals surface area (Å²) in [6.07, 6.45) is 5.23. The first kappa shape index (κ1) is 22.1. The number of Topliss-reactive ketones (excluding diaryl/α,β-unsaturated/α-hetero) is 1. The van der Waals surface area contributed by atoms with Gasteiger partial charge in [-0.3, -0.25) is 4.79 Å². The maximum atomic E-state index is 12.6. The number of sulfone groups is 1. The van der Waals surface area contributed by atoms with E-state index in [2.05, 4.69) is 4.90 Å². The number of benzene rings is 1. The van der Waals surface area contributed by atoms with Crippen LogP contribution in [0, 0.1) is 5.92 Å². The lowest BCUT2D eigenvalue weighted by molar-refractivity contribution is 0.0883. The van der Waals surface area contributed by atoms with Crippen LogP contribution in [0.15, 0.2) is 29.2 Å². The van der Waals surface area contributed by atoms with Crippen molar-refractivity contribution in [2.24, 2.45) is 5.92 Å². The molecule has 0 radical (unpaired) electrons. The van der Waals surface area contributed by atoms with Crippen molar-refractivity contribution in [1.29, 1.82) is 0 Å². The SMILES string of the molecule is CCCCS(=O)(=O)c1ccc(C(=O)C(C)CN2CCCCC2)cc1.Cl. The Kier molecular flexibility index (Phi) is 9.11. The van der Waals surface area contributed by atoms with Crippen molar-refractivity contribution in [3.05, 3.63) is 29.8 Å². The van der Waals surface area contributed by atoms with Crippen LogP contribution < -0.4 is 0 Å². The van der Waals surface area contributed by atoms with Crippen LogP contribution in [0.25, 0.3) is 0 Å². The molecule has 1 fully saturated rings. The predicted octanol–water partition coefficient (Wildman–Crippen LogP) is 3.99. The van der Waals surface area contributed by atoms with Gasteiger partial charge in [-0.25, -0.2) is 8.42 Å². The Morgan fingerprint density at radius 1 is 1.12 bits per heavy atom. The molecule has 142 valence electrons. The number of ketones is 1. The minimum absolute atomic E-state index is 0. The van der Waals surface area contributed by atoms with Crippen molar-refractivity contribution in [2.75, 3.05) is 25.4 Å². The number of piperidine rings is 1. The van der Waals surface area contributed by atoms with Gasteiger partial charge in [-0.15, -0.1) is 12.4 Å². The third kappa shape index (κ3) is 6.39. The Labute approximate surface area is 158 Å². The van der Waals surface area contributed by atoms with E-state index in [9.17, 15) is 13.2 Å². The Morgan fingerprint density at radius 3 is 2.28 bits per heavy atom. The van der Waals surface area contributed by atoms with Crippen molar-refractivity contribution < 1.29 is 13.2 Å². The summed E-state index contributed by atoms with van der Waals surface area (Å²) in [7, 11) is -3.23. The molecule has 0 spiro atoms. The summed E-state index contributed by atoms with van der Waals surface area (Å²) in [5.74, 6) is 0.200. The number of likely N-dealkylation sites (tertiary alicyclic amines) is 1. The summed E-state index contributed by atoms with van der Waals surface area (Å²) in [6, 6.07) is 6.47. The van der Waals surface area contributed by atoms with Crippen LogP contribution >= 0.6 is 12.4 Å². The maximum Gasteiger partial charge on any atom is 0.178 e. The number of unbranched alkanes of at least 4 members (excludes halogenated alkanes) is 1. The van der Waals surface area contributed by atoms with Crippen LogP contribution in [0.5, 0.6) is 0 Å². The lowest BCUT2D eigenvalue weighted by Gasteiger charge is -2.28. The molecule has 1 heterocycles. The normalized spacial score (nSPS) is 16.9. The first-order valence-corrected chi connectivity index (χ1v) is 10.7. The molecule has 6 heteroatoms. The highest BCUT2D eigenvalue weighted by molar-refractivity contribution is 7.91. The number of rotatable bonds is 8. The predicted molar refractivity (Wildman–Crippen MR) is 104 cm³/mol. The van der Waals surface area contributed by atoms with Gasteiger partial charge in [0.25, 0.3) is 0 Å². The summed E-state index contributed by atoms with van der Waals surface area (Å²) >= 11 is 0. The minimum atomic E-state index is -3.23. The van der Waals surface area contributed by atoms with Crippen LogP contribution in [0.3, 0.4) is 0 Å². The smallest absolute Gasteiger partial charge is 0.178 e. The number of nitrogens with zero attached hydrogens (tertiary/aromatic N) is 1. The van der Waals surface area contributed by atoms with E-state index >= 15 is 0 Å². The van der Waals surface area contributed by atoms with Gasteiger partial charge in [-0.1, -0.05) is 38.8 Å². The number of carbonyl (C=O) groups excluding carboxylic acids is 1. The quantitative estimate of drug-likeness (QED) is 0.633. The van der Waals surface area contributed by atoms with E-state index in [0.717, 1.165) is 26.1 Å². The Bertz CT molecular complexity index is 637. The summed E-state index contributed by atoms with van der Waals surface area (Å²) in [5, 5.41) is 0. The molecule has 1 aromatic carbocycles. The molecule has 1 aliphatic heterocycles. The van der Waals surface area contributed by atoms with Crippen molar-refractivity contribution in [3.8, 4) is 0 Å². The van der Waals surface area contributed by atoms with Gasteiger partial charge >= 0.3 is 0 Å². The molecule has 0 N–H and O–H groups in total. The van der Waals surface area contributed by atoms with Crippen LogP contribution in [-0.2, 0) is 9.84 Å². The molecule has 1 aromatic rings. The summed E-state index contributed by atoms with van der Waals surface area (Å²) in [5.41, 5.74) is 0.606. The number of carbonyl (C=O) groups is 1. The van der Waals surface area contributed by atoms with E-state index in [0.29, 0.717) is 16.9 Å². The van der Waals surface area contributed by atoms with E-state index < -0.39 is 9.84 Å². The maximum absolute atomic E-state index is 12.6. The number of hydrogen-bond donors (Lipinski definition) is 0. The van der Waals surface area contributed by atoms with Crippen molar-refractivity contribution in [2.45, 2.75) is 50.8 Å². The van der Waals surface area contributed by atoms with Gasteiger partial charge in [0.15, 0.2) is 15.6 Å². The zero-order valence-electron chi connectivity index (χ0n) is 15.2. The molecular weight excluding hydrogens is 358 g/mol. The lowest BCUT2D eigenvalue weighted by atomic mass is 9.98. The monoisotopic (exact) mass is 387 g/mol. The van der Waals surface area contributed by atoms with Gasteiger partial charge < -0.3 is 4.90 Å². The van der Waals surface area contributed by atoms with Crippen molar-refractivity contribution >= 4 is 28.0 Å². The Balaban J connectivity index is 0.00000312. The fourth-order valence-corrected chi connectivity index (χ4v) is 4.63. The molecule has 25 heavy (non-hydrogen) atoms. The van der Waals surface area contributed by atoms with Crippen LogP contribution in [0.1, 0.15) is 56.3 Å². The van der Waals surface area contributed by atoms with Gasteiger partial charge in [0, 0.05) is 18.0 Å². The molecular formula is C19H30ClNO3S. The average Bonchev–Trinajstić information content (AvgIpc) is 2.60. The van der Waals surface area contributed by atoms with E-state index in [4.69, 9.17) is 0 Å². The standard InChI is InChI=1S/C19H29NO3S.ClH/c1-3-4-14-24(22,23)18-10-8-17(9-11-18)19(21)16(2)15-20-12-6-5-7-13-20;/h8-11,16H,3-7,12-15H2,1-2H3;1H. The van der Waals surface area contributed by atoms with Gasteiger partial charge in [0.05, 0.1) is 10.6 Å². The van der Waals surface area contributed by atoms with Crippen molar-refractivity contribution in [1.82, 2.24) is 4.90 Å². The Morgan fingerprint density at radius 2 is 1.72 bits per heavy atom. The third-order valence-electron chi connectivity index (χ3n) is 4.69. The van der Waals surface area contributed by atoms with E-state index in [1.165, 1.54) is 19.3 Å². The first-order chi connectivity index (χ1) is 11.4. The largest absolute Gasteiger partial charge is 0.303 e. The zero-order chi connectivity index (χ0) is 17.6. The number of halogens is 1. The highest BCUT2D eigenvalue weighted by Crippen LogP contribution is 2.18. The highest BCUT2D eigenvalue weighted by Gasteiger charge is 2.21. The molecule has 4 nitrogen and oxygen atoms in total. The summed E-state index contributed by atoms with van der Waals surface area (Å²) in [6.45, 7) is 6.87. The third-order valence-corrected chi connectivity index (χ3v) is 6.51. The molecule has 0 saturated carbocycles. The minimum Gasteiger partial charge on any atom is -0.303 e. The van der Waals surface area contributed by atoms with Gasteiger partial charge in [-0.05, 0) is 44.5 Å². The molecule has 0 aliphatic carbocycles. The van der Waals surface area contributed by atoms with Crippen LogP contribution in [0.2, 0.25) is 0 Å². The Hall–Kier alpha value is -0.910. The molecule has 0 bridgehead atoms. The van der Waals surface area contributed by atoms with E-state index in [-0.39, 0.29) is 29.9 Å². The van der Waals surface area contributed by atoms with Gasteiger partial charge in [-0.2, -0.15) is 0 Å². The molecule has 0 amide bonds. The van der Waals surface area contributed by atoms with Crippen molar-refractivity contribution in [3.63, 3.8) is 0 Å². The molecule has 0 aromatic heterocycles. The second kappa shape index (κ2) is 10.3. The van der Waals surface area contributed by atoms with E-state index in [1.807, 2.05) is 13.8 Å². The van der Waals surface area contributed by atoms with Gasteiger partial charge in [0.2, 0.25) is 0 Å². The first-order valence-electron chi connectivity index (χ1n) is 9.03. The topological polar surface area (TPSA) is 54.5 Å². The fourth-order valence-electron chi connectivity index (χ4n) is 3.18. The average molecular weight is 388 g/mol. The molecule has 2 rings (SSSR count). The van der Waals surface area contributed by atoms with Gasteiger partial charge in [0.1, 0.15) is 0 Å². The molecule has 1 aliphatic rings. The zero-order valence-corrected chi connectivity index (χ0v) is 16.9. The van der Waals surface area contributed by atoms with E-state index in [1.54, 1.807) is 24.3 Å². The summed E-state index contributed by atoms with van der Waals surface area (Å²) in [4.78, 5) is 15.2. The molecule has 1 atom stereocenters. The lowest BCUT2D eigenvalue weighted by Crippen LogP contribution is -2.35. The molecule has 1 saturated heterocycles. The second-order valence-corrected chi connectivity index (χ2v) is 8.93. The highest BCUT2D eigenvalue weighted by atomic mass is 35.5. The summed E-state index contributed by atoms with van der Waals surface area (Å²) < 4.78 is 24.4. The fraction of sp³-hybridized carbons (Fsp3) is 0.632.